The minimum absolute atomic E-state index is 0.0617. The van der Waals surface area contributed by atoms with Crippen LogP contribution >= 0.6 is 11.8 Å². The van der Waals surface area contributed by atoms with E-state index >= 15 is 0 Å². The van der Waals surface area contributed by atoms with Crippen molar-refractivity contribution in [3.05, 3.63) is 0 Å². The Morgan fingerprint density at radius 2 is 0.951 bits per heavy atom. The zero-order valence-electron chi connectivity index (χ0n) is 27.6. The van der Waals surface area contributed by atoms with Crippen LogP contribution in [0.25, 0.3) is 0 Å². The van der Waals surface area contributed by atoms with Crippen LogP contribution in [0.4, 0.5) is 0 Å². The van der Waals surface area contributed by atoms with Crippen molar-refractivity contribution < 1.29 is 28.6 Å². The standard InChI is InChI=1S/C34H64O6S/c1-7-9-10-11-12-13-14-15-16-17-18-19-20-21-22-23-25-39-32(37)34(5,6)29-41-28-24-30(35)38-26-27-40-31(36)33(3,4)8-2/h7-29H2,1-6H3. The van der Waals surface area contributed by atoms with Crippen LogP contribution in [0.3, 0.4) is 0 Å². The van der Waals surface area contributed by atoms with Crippen molar-refractivity contribution in [1.82, 2.24) is 0 Å². The molecule has 7 heteroatoms. The number of esters is 3. The Balaban J connectivity index is 3.63. The molecule has 0 amide bonds. The van der Waals surface area contributed by atoms with Crippen molar-refractivity contribution in [3.8, 4) is 0 Å². The largest absolute Gasteiger partial charge is 0.465 e. The van der Waals surface area contributed by atoms with Crippen molar-refractivity contribution in [2.45, 2.75) is 157 Å². The predicted octanol–water partition coefficient (Wildman–Crippen LogP) is 9.46. The van der Waals surface area contributed by atoms with Crippen molar-refractivity contribution in [2.75, 3.05) is 31.3 Å². The highest BCUT2D eigenvalue weighted by Gasteiger charge is 2.29. The topological polar surface area (TPSA) is 78.9 Å². The molecule has 0 saturated carbocycles. The fourth-order valence-electron chi connectivity index (χ4n) is 4.25. The van der Waals surface area contributed by atoms with Gasteiger partial charge in [-0.25, -0.2) is 0 Å². The molecule has 0 atom stereocenters. The highest BCUT2D eigenvalue weighted by Crippen LogP contribution is 2.25. The van der Waals surface area contributed by atoms with E-state index in [1.54, 1.807) is 11.8 Å². The van der Waals surface area contributed by atoms with E-state index in [1.165, 1.54) is 89.9 Å². The fraction of sp³-hybridized carbons (Fsp3) is 0.912. The molecule has 0 aliphatic rings. The van der Waals surface area contributed by atoms with Gasteiger partial charge in [-0.3, -0.25) is 14.4 Å². The van der Waals surface area contributed by atoms with Crippen LogP contribution in [0.15, 0.2) is 0 Å². The summed E-state index contributed by atoms with van der Waals surface area (Å²) in [6, 6.07) is 0. The summed E-state index contributed by atoms with van der Waals surface area (Å²) in [5, 5.41) is 0. The minimum Gasteiger partial charge on any atom is -0.465 e. The van der Waals surface area contributed by atoms with Crippen LogP contribution in [0.5, 0.6) is 0 Å². The normalized spacial score (nSPS) is 11.9. The molecule has 0 heterocycles. The van der Waals surface area contributed by atoms with Gasteiger partial charge in [-0.2, -0.15) is 11.8 Å². The predicted molar refractivity (Wildman–Crippen MR) is 172 cm³/mol. The van der Waals surface area contributed by atoms with E-state index in [9.17, 15) is 14.4 Å². The van der Waals surface area contributed by atoms with Gasteiger partial charge in [0.05, 0.1) is 23.9 Å². The monoisotopic (exact) mass is 600 g/mol. The Morgan fingerprint density at radius 1 is 0.537 bits per heavy atom. The summed E-state index contributed by atoms with van der Waals surface area (Å²) in [6.45, 7) is 12.3. The van der Waals surface area contributed by atoms with Gasteiger partial charge in [0.1, 0.15) is 13.2 Å². The number of thioether (sulfide) groups is 1. The molecule has 0 radical (unpaired) electrons. The van der Waals surface area contributed by atoms with Crippen LogP contribution in [0, 0.1) is 10.8 Å². The van der Waals surface area contributed by atoms with Crippen molar-refractivity contribution >= 4 is 29.7 Å². The van der Waals surface area contributed by atoms with Gasteiger partial charge in [0.15, 0.2) is 0 Å². The first-order valence-corrected chi connectivity index (χ1v) is 17.8. The molecule has 0 aromatic rings. The number of unbranched alkanes of at least 4 members (excludes halogenated alkanes) is 15. The van der Waals surface area contributed by atoms with Gasteiger partial charge in [0.2, 0.25) is 0 Å². The van der Waals surface area contributed by atoms with Gasteiger partial charge in [-0.15, -0.1) is 0 Å². The SMILES string of the molecule is CCCCCCCCCCCCCCCCCCOC(=O)C(C)(C)CSCCC(=O)OCCOC(=O)C(C)(C)CC. The molecular formula is C34H64O6S. The molecule has 0 aliphatic carbocycles. The maximum Gasteiger partial charge on any atom is 0.312 e. The first kappa shape index (κ1) is 39.8. The number of hydrogen-bond donors (Lipinski definition) is 0. The van der Waals surface area contributed by atoms with E-state index in [4.69, 9.17) is 14.2 Å². The van der Waals surface area contributed by atoms with E-state index < -0.39 is 10.8 Å². The number of ether oxygens (including phenoxy) is 3. The van der Waals surface area contributed by atoms with Crippen molar-refractivity contribution in [3.63, 3.8) is 0 Å². The van der Waals surface area contributed by atoms with Crippen molar-refractivity contribution in [1.29, 1.82) is 0 Å². The summed E-state index contributed by atoms with van der Waals surface area (Å²) in [4.78, 5) is 36.3. The molecule has 242 valence electrons. The second-order valence-electron chi connectivity index (χ2n) is 12.7. The Kier molecular flexibility index (Phi) is 24.5. The van der Waals surface area contributed by atoms with Crippen LogP contribution in [0.1, 0.15) is 157 Å². The zero-order valence-corrected chi connectivity index (χ0v) is 28.4. The second-order valence-corrected chi connectivity index (χ2v) is 13.8. The molecule has 0 aromatic carbocycles. The van der Waals surface area contributed by atoms with Gasteiger partial charge < -0.3 is 14.2 Å². The lowest BCUT2D eigenvalue weighted by molar-refractivity contribution is -0.159. The summed E-state index contributed by atoms with van der Waals surface area (Å²) in [6.07, 6.45) is 22.1. The molecule has 0 unspecified atom stereocenters. The first-order chi connectivity index (χ1) is 19.6. The van der Waals surface area contributed by atoms with Gasteiger partial charge in [0, 0.05) is 11.5 Å². The molecule has 0 fully saturated rings. The van der Waals surface area contributed by atoms with E-state index in [-0.39, 0.29) is 37.5 Å². The van der Waals surface area contributed by atoms with Gasteiger partial charge in [0.25, 0.3) is 0 Å². The van der Waals surface area contributed by atoms with E-state index in [2.05, 4.69) is 6.92 Å². The third-order valence-corrected chi connectivity index (χ3v) is 9.13. The van der Waals surface area contributed by atoms with Crippen LogP contribution in [-0.4, -0.2) is 49.2 Å². The minimum atomic E-state index is -0.593. The third kappa shape index (κ3) is 23.0. The summed E-state index contributed by atoms with van der Waals surface area (Å²) in [5.41, 5.74) is -1.12. The van der Waals surface area contributed by atoms with E-state index in [0.29, 0.717) is 24.5 Å². The lowest BCUT2D eigenvalue weighted by Crippen LogP contribution is -2.29. The molecule has 0 spiro atoms. The maximum atomic E-state index is 12.5. The molecule has 0 aromatic heterocycles. The maximum absolute atomic E-state index is 12.5. The smallest absolute Gasteiger partial charge is 0.312 e. The first-order valence-electron chi connectivity index (χ1n) is 16.6. The molecule has 0 aliphatic heterocycles. The fourth-order valence-corrected chi connectivity index (χ4v) is 5.34. The van der Waals surface area contributed by atoms with Gasteiger partial charge in [-0.1, -0.05) is 110 Å². The summed E-state index contributed by atoms with van der Waals surface area (Å²) in [5.74, 6) is 0.368. The van der Waals surface area contributed by atoms with E-state index in [1.807, 2.05) is 34.6 Å². The average molecular weight is 601 g/mol. The summed E-state index contributed by atoms with van der Waals surface area (Å²) < 4.78 is 15.8. The molecule has 0 saturated heterocycles. The number of rotatable bonds is 28. The lowest BCUT2D eigenvalue weighted by atomic mass is 9.91. The second kappa shape index (κ2) is 25.3. The molecule has 41 heavy (non-hydrogen) atoms. The Labute approximate surface area is 257 Å². The molecule has 0 N–H and O–H groups in total. The zero-order chi connectivity index (χ0) is 30.8. The number of hydrogen-bond acceptors (Lipinski definition) is 7. The molecule has 0 bridgehead atoms. The molecular weight excluding hydrogens is 536 g/mol. The van der Waals surface area contributed by atoms with Gasteiger partial charge >= 0.3 is 17.9 Å². The molecule has 6 nitrogen and oxygen atoms in total. The number of carbonyl (C=O) groups is 3. The Hall–Kier alpha value is -1.24. The van der Waals surface area contributed by atoms with Crippen LogP contribution in [-0.2, 0) is 28.6 Å². The molecule has 0 rings (SSSR count). The Morgan fingerprint density at radius 3 is 1.44 bits per heavy atom. The quantitative estimate of drug-likeness (QED) is 0.0503. The van der Waals surface area contributed by atoms with E-state index in [0.717, 1.165) is 12.8 Å². The highest BCUT2D eigenvalue weighted by molar-refractivity contribution is 7.99. The average Bonchev–Trinajstić information content (AvgIpc) is 2.94. The van der Waals surface area contributed by atoms with Crippen LogP contribution < -0.4 is 0 Å². The van der Waals surface area contributed by atoms with Crippen LogP contribution in [0.2, 0.25) is 0 Å². The lowest BCUT2D eigenvalue weighted by Gasteiger charge is -2.22. The third-order valence-electron chi connectivity index (χ3n) is 7.71. The highest BCUT2D eigenvalue weighted by atomic mass is 32.2. The van der Waals surface area contributed by atoms with Gasteiger partial charge in [-0.05, 0) is 40.5 Å². The summed E-state index contributed by atoms with van der Waals surface area (Å²) >= 11 is 1.55. The summed E-state index contributed by atoms with van der Waals surface area (Å²) in [7, 11) is 0. The van der Waals surface area contributed by atoms with Crippen molar-refractivity contribution in [2.24, 2.45) is 10.8 Å². The number of carbonyl (C=O) groups excluding carboxylic acids is 3. The Bertz CT molecular complexity index is 676.